The fraction of sp³-hybridized carbons (Fsp3) is 1.00. The van der Waals surface area contributed by atoms with Gasteiger partial charge in [-0.05, 0) is 26.2 Å². The van der Waals surface area contributed by atoms with Gasteiger partial charge in [0.05, 0.1) is 16.2 Å². The standard InChI is InChI=1S/C23H48O4S.K/c1-3-4-5-13-17-20-23(28(25,26)27)21-18-15-12-10-8-6-7-9-11-14-16-19-22(2)24;/h22-24H,3-21H2,1-2H3,(H,25,26,27);/q;+1/p-1. The zero-order valence-corrected chi connectivity index (χ0v) is 23.6. The Kier molecular flexibility index (Phi) is 25.6. The molecule has 1 N–H and O–H groups in total. The molecular weight excluding hydrogens is 411 g/mol. The normalized spacial score (nSPS) is 13.8. The molecule has 6 heteroatoms. The van der Waals surface area contributed by atoms with Gasteiger partial charge in [0.25, 0.3) is 0 Å². The van der Waals surface area contributed by atoms with Gasteiger partial charge in [-0.3, -0.25) is 0 Å². The van der Waals surface area contributed by atoms with E-state index >= 15 is 0 Å². The Hall–Kier alpha value is 1.51. The van der Waals surface area contributed by atoms with E-state index in [0.717, 1.165) is 51.4 Å². The summed E-state index contributed by atoms with van der Waals surface area (Å²) in [7, 11) is -4.14. The Morgan fingerprint density at radius 2 is 0.966 bits per heavy atom. The van der Waals surface area contributed by atoms with Crippen molar-refractivity contribution in [2.24, 2.45) is 0 Å². The Balaban J connectivity index is 0. The molecule has 0 aromatic carbocycles. The van der Waals surface area contributed by atoms with E-state index in [1.165, 1.54) is 57.8 Å². The Morgan fingerprint density at radius 3 is 1.28 bits per heavy atom. The van der Waals surface area contributed by atoms with Crippen molar-refractivity contribution >= 4 is 10.1 Å². The maximum atomic E-state index is 11.4. The van der Waals surface area contributed by atoms with Gasteiger partial charge in [0.15, 0.2) is 0 Å². The topological polar surface area (TPSA) is 77.4 Å². The van der Waals surface area contributed by atoms with Crippen LogP contribution in [0.25, 0.3) is 0 Å². The van der Waals surface area contributed by atoms with Crippen LogP contribution in [0, 0.1) is 0 Å². The Labute approximate surface area is 224 Å². The molecule has 0 saturated carbocycles. The molecule has 2 unspecified atom stereocenters. The van der Waals surface area contributed by atoms with Crippen molar-refractivity contribution in [1.82, 2.24) is 0 Å². The number of aliphatic hydroxyl groups excluding tert-OH is 1. The molecule has 2 atom stereocenters. The van der Waals surface area contributed by atoms with E-state index in [0.29, 0.717) is 12.8 Å². The average molecular weight is 459 g/mol. The number of rotatable bonds is 21. The van der Waals surface area contributed by atoms with Gasteiger partial charge in [0.1, 0.15) is 0 Å². The molecule has 170 valence electrons. The van der Waals surface area contributed by atoms with Crippen LogP contribution >= 0.6 is 0 Å². The summed E-state index contributed by atoms with van der Waals surface area (Å²) in [5.74, 6) is 0. The first kappa shape index (κ1) is 32.7. The van der Waals surface area contributed by atoms with Crippen LogP contribution in [0.15, 0.2) is 0 Å². The predicted octanol–water partition coefficient (Wildman–Crippen LogP) is 3.72. The molecule has 0 aliphatic heterocycles. The van der Waals surface area contributed by atoms with Crippen molar-refractivity contribution in [3.8, 4) is 0 Å². The van der Waals surface area contributed by atoms with Gasteiger partial charge in [-0.25, -0.2) is 8.42 Å². The summed E-state index contributed by atoms with van der Waals surface area (Å²) in [6.07, 6.45) is 20.3. The molecule has 0 saturated heterocycles. The van der Waals surface area contributed by atoms with Crippen molar-refractivity contribution in [2.45, 2.75) is 147 Å². The summed E-state index contributed by atoms with van der Waals surface area (Å²) < 4.78 is 34.3. The van der Waals surface area contributed by atoms with Crippen molar-refractivity contribution < 1.29 is 69.5 Å². The summed E-state index contributed by atoms with van der Waals surface area (Å²) in [6.45, 7) is 4.01. The van der Waals surface area contributed by atoms with Gasteiger partial charge < -0.3 is 9.66 Å². The van der Waals surface area contributed by atoms with Crippen LogP contribution in [0.4, 0.5) is 0 Å². The molecule has 0 amide bonds. The Morgan fingerprint density at radius 1 is 0.655 bits per heavy atom. The second-order valence-corrected chi connectivity index (χ2v) is 10.3. The van der Waals surface area contributed by atoms with Gasteiger partial charge >= 0.3 is 51.4 Å². The number of aliphatic hydroxyl groups is 1. The number of hydrogen-bond acceptors (Lipinski definition) is 4. The van der Waals surface area contributed by atoms with E-state index in [9.17, 15) is 18.1 Å². The molecule has 4 nitrogen and oxygen atoms in total. The molecule has 0 rings (SSSR count). The van der Waals surface area contributed by atoms with E-state index in [4.69, 9.17) is 0 Å². The molecule has 0 spiro atoms. The van der Waals surface area contributed by atoms with E-state index in [1.54, 1.807) is 0 Å². The van der Waals surface area contributed by atoms with Gasteiger partial charge in [-0.2, -0.15) is 0 Å². The SMILES string of the molecule is CCCCCCCC(CCCCCCCCCCCCCC(C)O)S(=O)(=O)[O-].[K+]. The Bertz CT molecular complexity index is 427. The molecule has 0 radical (unpaired) electrons. The van der Waals surface area contributed by atoms with Crippen LogP contribution in [0.1, 0.15) is 136 Å². The van der Waals surface area contributed by atoms with Crippen molar-refractivity contribution in [3.05, 3.63) is 0 Å². The maximum Gasteiger partial charge on any atom is 1.00 e. The van der Waals surface area contributed by atoms with Gasteiger partial charge in [0, 0.05) is 5.25 Å². The van der Waals surface area contributed by atoms with Gasteiger partial charge in [-0.1, -0.05) is 110 Å². The van der Waals surface area contributed by atoms with Crippen LogP contribution in [-0.2, 0) is 10.1 Å². The summed E-state index contributed by atoms with van der Waals surface area (Å²) in [6, 6.07) is 0. The summed E-state index contributed by atoms with van der Waals surface area (Å²) >= 11 is 0. The first-order valence-corrected chi connectivity index (χ1v) is 13.5. The van der Waals surface area contributed by atoms with Crippen molar-refractivity contribution in [3.63, 3.8) is 0 Å². The molecule has 0 aliphatic rings. The average Bonchev–Trinajstić information content (AvgIpc) is 2.62. The van der Waals surface area contributed by atoms with E-state index < -0.39 is 15.4 Å². The first-order chi connectivity index (χ1) is 13.4. The minimum Gasteiger partial charge on any atom is -0.748 e. The quantitative estimate of drug-likeness (QED) is 0.162. The van der Waals surface area contributed by atoms with Crippen LogP contribution in [-0.4, -0.2) is 29.4 Å². The van der Waals surface area contributed by atoms with Crippen LogP contribution in [0.2, 0.25) is 0 Å². The first-order valence-electron chi connectivity index (χ1n) is 12.0. The molecule has 0 aliphatic carbocycles. The van der Waals surface area contributed by atoms with Crippen LogP contribution < -0.4 is 51.4 Å². The zero-order chi connectivity index (χ0) is 21.1. The van der Waals surface area contributed by atoms with Gasteiger partial charge in [-0.15, -0.1) is 0 Å². The third-order valence-corrected chi connectivity index (χ3v) is 6.97. The maximum absolute atomic E-state index is 11.4. The van der Waals surface area contributed by atoms with Crippen LogP contribution in [0.5, 0.6) is 0 Å². The fourth-order valence-corrected chi connectivity index (χ4v) is 4.72. The number of unbranched alkanes of at least 4 members (excludes halogenated alkanes) is 14. The summed E-state index contributed by atoms with van der Waals surface area (Å²) in [4.78, 5) is 0. The summed E-state index contributed by atoms with van der Waals surface area (Å²) in [5, 5.41) is 8.54. The van der Waals surface area contributed by atoms with Crippen molar-refractivity contribution in [1.29, 1.82) is 0 Å². The minimum absolute atomic E-state index is 0. The molecule has 0 fully saturated rings. The summed E-state index contributed by atoms with van der Waals surface area (Å²) in [5.41, 5.74) is 0. The monoisotopic (exact) mass is 458 g/mol. The molecular formula is C23H47KO4S. The third-order valence-electron chi connectivity index (χ3n) is 5.69. The van der Waals surface area contributed by atoms with E-state index in [-0.39, 0.29) is 57.5 Å². The third kappa shape index (κ3) is 24.0. The minimum atomic E-state index is -4.14. The number of hydrogen-bond donors (Lipinski definition) is 1. The molecule has 0 aromatic rings. The van der Waals surface area contributed by atoms with E-state index in [2.05, 4.69) is 6.92 Å². The predicted molar refractivity (Wildman–Crippen MR) is 119 cm³/mol. The van der Waals surface area contributed by atoms with Crippen molar-refractivity contribution in [2.75, 3.05) is 0 Å². The second kappa shape index (κ2) is 22.7. The van der Waals surface area contributed by atoms with Crippen LogP contribution in [0.3, 0.4) is 0 Å². The smallest absolute Gasteiger partial charge is 0.748 e. The largest absolute Gasteiger partial charge is 1.00 e. The zero-order valence-electron chi connectivity index (χ0n) is 19.7. The fourth-order valence-electron chi connectivity index (χ4n) is 3.81. The second-order valence-electron chi connectivity index (χ2n) is 8.63. The van der Waals surface area contributed by atoms with Gasteiger partial charge in [0.2, 0.25) is 0 Å². The molecule has 29 heavy (non-hydrogen) atoms. The molecule has 0 aromatic heterocycles. The molecule has 0 bridgehead atoms. The molecule has 0 heterocycles. The van der Waals surface area contributed by atoms with E-state index in [1.807, 2.05) is 6.92 Å².